The number of hydrogen-bond acceptors (Lipinski definition) is 3. The summed E-state index contributed by atoms with van der Waals surface area (Å²) in [4.78, 5) is 0. The van der Waals surface area contributed by atoms with Gasteiger partial charge in [0.1, 0.15) is 12.4 Å². The summed E-state index contributed by atoms with van der Waals surface area (Å²) in [5.74, 6) is 6.68. The van der Waals surface area contributed by atoms with E-state index in [9.17, 15) is 0 Å². The number of aliphatic hydroxyl groups is 1. The van der Waals surface area contributed by atoms with Gasteiger partial charge in [0.15, 0.2) is 0 Å². The zero-order chi connectivity index (χ0) is 14.2. The molecule has 0 aliphatic heterocycles. The molecule has 1 heterocycles. The number of benzene rings is 1. The first-order valence-corrected chi connectivity index (χ1v) is 6.60. The number of aliphatic hydroxyl groups excluding tert-OH is 1. The van der Waals surface area contributed by atoms with Gasteiger partial charge in [0.2, 0.25) is 0 Å². The molecule has 1 aromatic carbocycles. The molecule has 1 aromatic heterocycles. The van der Waals surface area contributed by atoms with Crippen molar-refractivity contribution < 1.29 is 9.84 Å². The Morgan fingerprint density at radius 2 is 2.05 bits per heavy atom. The van der Waals surface area contributed by atoms with Gasteiger partial charge in [-0.25, -0.2) is 0 Å². The van der Waals surface area contributed by atoms with Gasteiger partial charge in [-0.3, -0.25) is 4.68 Å². The largest absolute Gasteiger partial charge is 0.492 e. The smallest absolute Gasteiger partial charge is 0.119 e. The average Bonchev–Trinajstić information content (AvgIpc) is 2.87. The molecule has 0 aliphatic rings. The molecular formula is C16H18N2O2. The number of aryl methyl sites for hydroxylation is 1. The van der Waals surface area contributed by atoms with Crippen LogP contribution in [-0.4, -0.2) is 28.1 Å². The van der Waals surface area contributed by atoms with Crippen LogP contribution in [0.25, 0.3) is 0 Å². The van der Waals surface area contributed by atoms with Crippen molar-refractivity contribution in [3.05, 3.63) is 47.8 Å². The lowest BCUT2D eigenvalue weighted by Gasteiger charge is -2.06. The van der Waals surface area contributed by atoms with E-state index in [0.29, 0.717) is 13.0 Å². The molecule has 0 unspecified atom stereocenters. The molecule has 0 bridgehead atoms. The molecule has 0 amide bonds. The zero-order valence-electron chi connectivity index (χ0n) is 11.5. The first kappa shape index (κ1) is 14.2. The lowest BCUT2D eigenvalue weighted by atomic mass is 10.2. The van der Waals surface area contributed by atoms with Crippen molar-refractivity contribution in [3.8, 4) is 17.6 Å². The molecule has 2 aromatic rings. The maximum absolute atomic E-state index is 8.65. The summed E-state index contributed by atoms with van der Waals surface area (Å²) in [7, 11) is 0. The summed E-state index contributed by atoms with van der Waals surface area (Å²) in [5, 5.41) is 12.9. The number of nitrogens with zero attached hydrogens (tertiary/aromatic N) is 2. The highest BCUT2D eigenvalue weighted by Gasteiger charge is 1.96. The van der Waals surface area contributed by atoms with Gasteiger partial charge in [0, 0.05) is 18.2 Å². The van der Waals surface area contributed by atoms with E-state index in [1.54, 1.807) is 0 Å². The first-order valence-electron chi connectivity index (χ1n) is 6.60. The maximum Gasteiger partial charge on any atom is 0.119 e. The monoisotopic (exact) mass is 270 g/mol. The second kappa shape index (κ2) is 7.37. The van der Waals surface area contributed by atoms with E-state index in [-0.39, 0.29) is 6.61 Å². The van der Waals surface area contributed by atoms with E-state index >= 15 is 0 Å². The van der Waals surface area contributed by atoms with Crippen LogP contribution >= 0.6 is 0 Å². The van der Waals surface area contributed by atoms with Gasteiger partial charge in [-0.15, -0.1) is 0 Å². The van der Waals surface area contributed by atoms with E-state index in [1.807, 2.05) is 48.1 Å². The topological polar surface area (TPSA) is 47.3 Å². The molecule has 4 nitrogen and oxygen atoms in total. The Morgan fingerprint density at radius 3 is 2.70 bits per heavy atom. The van der Waals surface area contributed by atoms with Crippen molar-refractivity contribution in [2.24, 2.45) is 0 Å². The van der Waals surface area contributed by atoms with E-state index < -0.39 is 0 Å². The molecule has 104 valence electrons. The Balaban J connectivity index is 1.80. The molecule has 0 radical (unpaired) electrons. The van der Waals surface area contributed by atoms with Crippen LogP contribution < -0.4 is 4.74 Å². The van der Waals surface area contributed by atoms with E-state index in [4.69, 9.17) is 9.84 Å². The predicted molar refractivity (Wildman–Crippen MR) is 77.5 cm³/mol. The Kier molecular flexibility index (Phi) is 5.22. The van der Waals surface area contributed by atoms with Crippen molar-refractivity contribution in [1.82, 2.24) is 9.78 Å². The Bertz CT molecular complexity index is 591. The molecule has 0 atom stereocenters. The van der Waals surface area contributed by atoms with Crippen LogP contribution in [0.1, 0.15) is 17.7 Å². The fraction of sp³-hybridized carbons (Fsp3) is 0.312. The van der Waals surface area contributed by atoms with Gasteiger partial charge in [0.05, 0.1) is 18.8 Å². The van der Waals surface area contributed by atoms with E-state index in [2.05, 4.69) is 16.9 Å². The van der Waals surface area contributed by atoms with Crippen molar-refractivity contribution in [2.45, 2.75) is 19.9 Å². The third-order valence-corrected chi connectivity index (χ3v) is 2.69. The molecular weight excluding hydrogens is 252 g/mol. The summed E-state index contributed by atoms with van der Waals surface area (Å²) in [5.41, 5.74) is 1.93. The standard InChI is InChI=1S/C16H18N2O2/c1-14-9-10-18(17-14)11-13-20-16-7-5-15(6-8-16)4-2-3-12-19/h5-10,19H,3,11-13H2,1H3. The highest BCUT2D eigenvalue weighted by Crippen LogP contribution is 2.11. The summed E-state index contributed by atoms with van der Waals surface area (Å²) in [6.45, 7) is 3.37. The zero-order valence-corrected chi connectivity index (χ0v) is 11.5. The van der Waals surface area contributed by atoms with Gasteiger partial charge in [-0.2, -0.15) is 5.10 Å². The quantitative estimate of drug-likeness (QED) is 0.845. The minimum absolute atomic E-state index is 0.0983. The fourth-order valence-corrected chi connectivity index (χ4v) is 1.70. The molecule has 2 rings (SSSR count). The first-order chi connectivity index (χ1) is 9.78. The highest BCUT2D eigenvalue weighted by molar-refractivity contribution is 5.38. The minimum atomic E-state index is 0.0983. The van der Waals surface area contributed by atoms with Gasteiger partial charge in [-0.05, 0) is 37.3 Å². The predicted octanol–water partition coefficient (Wildman–Crippen LogP) is 2.00. The third-order valence-electron chi connectivity index (χ3n) is 2.69. The van der Waals surface area contributed by atoms with E-state index in [0.717, 1.165) is 23.6 Å². The van der Waals surface area contributed by atoms with Gasteiger partial charge >= 0.3 is 0 Å². The molecule has 0 fully saturated rings. The molecule has 1 N–H and O–H groups in total. The molecule has 20 heavy (non-hydrogen) atoms. The molecule has 0 saturated heterocycles. The van der Waals surface area contributed by atoms with Crippen LogP contribution in [-0.2, 0) is 6.54 Å². The SMILES string of the molecule is Cc1ccn(CCOc2ccc(C#CCCO)cc2)n1. The number of ether oxygens (including phenoxy) is 1. The summed E-state index contributed by atoms with van der Waals surface area (Å²) in [6.07, 6.45) is 2.44. The minimum Gasteiger partial charge on any atom is -0.492 e. The van der Waals surface area contributed by atoms with Crippen LogP contribution in [0.2, 0.25) is 0 Å². The van der Waals surface area contributed by atoms with Crippen LogP contribution in [0.15, 0.2) is 36.5 Å². The van der Waals surface area contributed by atoms with Crippen molar-refractivity contribution in [3.63, 3.8) is 0 Å². The van der Waals surface area contributed by atoms with Crippen LogP contribution in [0.5, 0.6) is 5.75 Å². The number of hydrogen-bond donors (Lipinski definition) is 1. The molecule has 0 aliphatic carbocycles. The second-order valence-corrected chi connectivity index (χ2v) is 4.37. The molecule has 4 heteroatoms. The fourth-order valence-electron chi connectivity index (χ4n) is 1.70. The number of rotatable bonds is 5. The highest BCUT2D eigenvalue weighted by atomic mass is 16.5. The van der Waals surface area contributed by atoms with Gasteiger partial charge in [-0.1, -0.05) is 11.8 Å². The average molecular weight is 270 g/mol. The van der Waals surface area contributed by atoms with Crippen molar-refractivity contribution >= 4 is 0 Å². The Hall–Kier alpha value is -2.25. The molecule has 0 spiro atoms. The van der Waals surface area contributed by atoms with Crippen LogP contribution in [0, 0.1) is 18.8 Å². The van der Waals surface area contributed by atoms with Crippen LogP contribution in [0.3, 0.4) is 0 Å². The summed E-state index contributed by atoms with van der Waals surface area (Å²) in [6, 6.07) is 9.60. The third kappa shape index (κ3) is 4.45. The Morgan fingerprint density at radius 1 is 1.25 bits per heavy atom. The van der Waals surface area contributed by atoms with E-state index in [1.165, 1.54) is 0 Å². The van der Waals surface area contributed by atoms with Gasteiger partial charge in [0.25, 0.3) is 0 Å². The summed E-state index contributed by atoms with van der Waals surface area (Å²) < 4.78 is 7.52. The normalized spacial score (nSPS) is 9.90. The molecule has 0 saturated carbocycles. The lowest BCUT2D eigenvalue weighted by Crippen LogP contribution is -2.08. The Labute approximate surface area is 119 Å². The maximum atomic E-state index is 8.65. The van der Waals surface area contributed by atoms with Crippen molar-refractivity contribution in [1.29, 1.82) is 0 Å². The van der Waals surface area contributed by atoms with Crippen LogP contribution in [0.4, 0.5) is 0 Å². The van der Waals surface area contributed by atoms with Crippen molar-refractivity contribution in [2.75, 3.05) is 13.2 Å². The van der Waals surface area contributed by atoms with Gasteiger partial charge < -0.3 is 9.84 Å². The summed E-state index contributed by atoms with van der Waals surface area (Å²) >= 11 is 0. The second-order valence-electron chi connectivity index (χ2n) is 4.37. The number of aromatic nitrogens is 2. The lowest BCUT2D eigenvalue weighted by molar-refractivity contribution is 0.291.